The van der Waals surface area contributed by atoms with Crippen LogP contribution in [-0.2, 0) is 10.2 Å². The minimum Gasteiger partial charge on any atom is -0.381 e. The lowest BCUT2D eigenvalue weighted by Crippen LogP contribution is -2.45. The lowest BCUT2D eigenvalue weighted by atomic mass is 9.74. The standard InChI is InChI=1S/C18H21N3O2/c22-17(21-16-7-4-10-19-13-16)20-14-18(8-11-23-12-9-18)15-5-2-1-3-6-15/h1-7,10,13H,8-9,11-12,14H2,(H2,20,21,22). The molecule has 3 rings (SSSR count). The SMILES string of the molecule is O=C(NCC1(c2ccccc2)CCOCC1)Nc1cccnc1. The fraction of sp³-hybridized carbons (Fsp3) is 0.333. The van der Waals surface area contributed by atoms with Gasteiger partial charge < -0.3 is 15.4 Å². The van der Waals surface area contributed by atoms with Gasteiger partial charge in [0.15, 0.2) is 0 Å². The molecule has 2 amide bonds. The van der Waals surface area contributed by atoms with Crippen molar-refractivity contribution >= 4 is 11.7 Å². The van der Waals surface area contributed by atoms with E-state index < -0.39 is 0 Å². The van der Waals surface area contributed by atoms with Crippen LogP contribution in [0.5, 0.6) is 0 Å². The van der Waals surface area contributed by atoms with Crippen LogP contribution in [0.2, 0.25) is 0 Å². The Labute approximate surface area is 136 Å². The highest BCUT2D eigenvalue weighted by molar-refractivity contribution is 5.89. The molecule has 2 heterocycles. The highest BCUT2D eigenvalue weighted by atomic mass is 16.5. The predicted octanol–water partition coefficient (Wildman–Crippen LogP) is 2.95. The summed E-state index contributed by atoms with van der Waals surface area (Å²) in [4.78, 5) is 16.1. The van der Waals surface area contributed by atoms with E-state index in [1.165, 1.54) is 5.56 Å². The van der Waals surface area contributed by atoms with Crippen LogP contribution in [0.4, 0.5) is 10.5 Å². The molecule has 23 heavy (non-hydrogen) atoms. The zero-order valence-corrected chi connectivity index (χ0v) is 13.0. The van der Waals surface area contributed by atoms with Crippen molar-refractivity contribution in [3.8, 4) is 0 Å². The second-order valence-electron chi connectivity index (χ2n) is 5.81. The minimum absolute atomic E-state index is 0.0637. The number of hydrogen-bond acceptors (Lipinski definition) is 3. The number of hydrogen-bond donors (Lipinski definition) is 2. The zero-order valence-electron chi connectivity index (χ0n) is 13.0. The molecular weight excluding hydrogens is 290 g/mol. The number of nitrogens with zero attached hydrogens (tertiary/aromatic N) is 1. The summed E-state index contributed by atoms with van der Waals surface area (Å²) in [5, 5.41) is 5.81. The van der Waals surface area contributed by atoms with Crippen molar-refractivity contribution in [1.82, 2.24) is 10.3 Å². The Morgan fingerprint density at radius 2 is 1.91 bits per heavy atom. The summed E-state index contributed by atoms with van der Waals surface area (Å²) in [6.07, 6.45) is 5.12. The Hall–Kier alpha value is -2.40. The lowest BCUT2D eigenvalue weighted by Gasteiger charge is -2.37. The average molecular weight is 311 g/mol. The molecule has 0 unspecified atom stereocenters. The van der Waals surface area contributed by atoms with Gasteiger partial charge >= 0.3 is 6.03 Å². The molecular formula is C18H21N3O2. The third-order valence-electron chi connectivity index (χ3n) is 4.34. The summed E-state index contributed by atoms with van der Waals surface area (Å²) in [6, 6.07) is 13.8. The quantitative estimate of drug-likeness (QED) is 0.912. The molecule has 0 aliphatic carbocycles. The Bertz CT molecular complexity index is 625. The molecule has 0 spiro atoms. The van der Waals surface area contributed by atoms with Gasteiger partial charge in [0.05, 0.1) is 11.9 Å². The van der Waals surface area contributed by atoms with Crippen molar-refractivity contribution in [1.29, 1.82) is 0 Å². The number of pyridine rings is 1. The van der Waals surface area contributed by atoms with Crippen molar-refractivity contribution < 1.29 is 9.53 Å². The van der Waals surface area contributed by atoms with E-state index in [9.17, 15) is 4.79 Å². The second-order valence-corrected chi connectivity index (χ2v) is 5.81. The number of benzene rings is 1. The topological polar surface area (TPSA) is 63.2 Å². The van der Waals surface area contributed by atoms with Gasteiger partial charge in [0.25, 0.3) is 0 Å². The summed E-state index contributed by atoms with van der Waals surface area (Å²) in [7, 11) is 0. The van der Waals surface area contributed by atoms with Gasteiger partial charge in [0.2, 0.25) is 0 Å². The summed E-state index contributed by atoms with van der Waals surface area (Å²) in [5.41, 5.74) is 1.88. The molecule has 1 aromatic carbocycles. The molecule has 1 aliphatic rings. The Kier molecular flexibility index (Phi) is 4.88. The maximum atomic E-state index is 12.1. The van der Waals surface area contributed by atoms with E-state index >= 15 is 0 Å². The summed E-state index contributed by atoms with van der Waals surface area (Å²) < 4.78 is 5.51. The molecule has 120 valence electrons. The Balaban J connectivity index is 1.66. The summed E-state index contributed by atoms with van der Waals surface area (Å²) in [5.74, 6) is 0. The molecule has 0 atom stereocenters. The Morgan fingerprint density at radius 3 is 2.61 bits per heavy atom. The number of urea groups is 1. The molecule has 5 heteroatoms. The summed E-state index contributed by atoms with van der Waals surface area (Å²) >= 11 is 0. The van der Waals surface area contributed by atoms with E-state index in [-0.39, 0.29) is 11.4 Å². The van der Waals surface area contributed by atoms with Crippen LogP contribution < -0.4 is 10.6 Å². The fourth-order valence-electron chi connectivity index (χ4n) is 2.98. The van der Waals surface area contributed by atoms with E-state index in [1.54, 1.807) is 18.5 Å². The van der Waals surface area contributed by atoms with Crippen LogP contribution in [0.1, 0.15) is 18.4 Å². The van der Waals surface area contributed by atoms with Crippen molar-refractivity contribution in [2.75, 3.05) is 25.1 Å². The van der Waals surface area contributed by atoms with Crippen LogP contribution in [0.15, 0.2) is 54.9 Å². The second kappa shape index (κ2) is 7.24. The fourth-order valence-corrected chi connectivity index (χ4v) is 2.98. The number of carbonyl (C=O) groups excluding carboxylic acids is 1. The van der Waals surface area contributed by atoms with Crippen molar-refractivity contribution in [2.24, 2.45) is 0 Å². The molecule has 0 radical (unpaired) electrons. The van der Waals surface area contributed by atoms with E-state index in [1.807, 2.05) is 24.3 Å². The van der Waals surface area contributed by atoms with Gasteiger partial charge in [-0.2, -0.15) is 0 Å². The molecule has 1 aliphatic heterocycles. The lowest BCUT2D eigenvalue weighted by molar-refractivity contribution is 0.0508. The number of carbonyl (C=O) groups is 1. The van der Waals surface area contributed by atoms with E-state index in [4.69, 9.17) is 4.74 Å². The van der Waals surface area contributed by atoms with Crippen molar-refractivity contribution in [3.05, 3.63) is 60.4 Å². The molecule has 0 bridgehead atoms. The van der Waals surface area contributed by atoms with Gasteiger partial charge in [-0.05, 0) is 30.5 Å². The average Bonchev–Trinajstić information content (AvgIpc) is 2.62. The van der Waals surface area contributed by atoms with Crippen molar-refractivity contribution in [2.45, 2.75) is 18.3 Å². The number of amides is 2. The molecule has 1 fully saturated rings. The first-order chi connectivity index (χ1) is 11.3. The molecule has 2 N–H and O–H groups in total. The van der Waals surface area contributed by atoms with E-state index in [0.29, 0.717) is 12.2 Å². The van der Waals surface area contributed by atoms with Crippen molar-refractivity contribution in [3.63, 3.8) is 0 Å². The van der Waals surface area contributed by atoms with Crippen LogP contribution in [0, 0.1) is 0 Å². The highest BCUT2D eigenvalue weighted by Gasteiger charge is 2.34. The van der Waals surface area contributed by atoms with Gasteiger partial charge in [-0.15, -0.1) is 0 Å². The van der Waals surface area contributed by atoms with Crippen LogP contribution in [0.3, 0.4) is 0 Å². The van der Waals surface area contributed by atoms with Crippen LogP contribution >= 0.6 is 0 Å². The van der Waals surface area contributed by atoms with E-state index in [0.717, 1.165) is 26.1 Å². The maximum absolute atomic E-state index is 12.1. The number of ether oxygens (including phenoxy) is 1. The highest BCUT2D eigenvalue weighted by Crippen LogP contribution is 2.34. The van der Waals surface area contributed by atoms with Crippen LogP contribution in [-0.4, -0.2) is 30.8 Å². The predicted molar refractivity (Wildman–Crippen MR) is 89.4 cm³/mol. The smallest absolute Gasteiger partial charge is 0.319 e. The van der Waals surface area contributed by atoms with E-state index in [2.05, 4.69) is 27.8 Å². The maximum Gasteiger partial charge on any atom is 0.319 e. The summed E-state index contributed by atoms with van der Waals surface area (Å²) in [6.45, 7) is 2.04. The molecule has 0 saturated carbocycles. The first-order valence-corrected chi connectivity index (χ1v) is 7.87. The van der Waals surface area contributed by atoms with Crippen LogP contribution in [0.25, 0.3) is 0 Å². The molecule has 2 aromatic rings. The number of rotatable bonds is 4. The molecule has 1 aromatic heterocycles. The van der Waals surface area contributed by atoms with Gasteiger partial charge in [0, 0.05) is 31.4 Å². The third-order valence-corrected chi connectivity index (χ3v) is 4.34. The molecule has 1 saturated heterocycles. The largest absolute Gasteiger partial charge is 0.381 e. The van der Waals surface area contributed by atoms with Gasteiger partial charge in [-0.25, -0.2) is 4.79 Å². The first kappa shape index (κ1) is 15.5. The first-order valence-electron chi connectivity index (χ1n) is 7.87. The monoisotopic (exact) mass is 311 g/mol. The van der Waals surface area contributed by atoms with Gasteiger partial charge in [-0.3, -0.25) is 4.98 Å². The number of aromatic nitrogens is 1. The normalized spacial score (nSPS) is 16.5. The third kappa shape index (κ3) is 3.87. The number of nitrogens with one attached hydrogen (secondary N) is 2. The van der Waals surface area contributed by atoms with Gasteiger partial charge in [-0.1, -0.05) is 30.3 Å². The minimum atomic E-state index is -0.209. The molecule has 5 nitrogen and oxygen atoms in total. The van der Waals surface area contributed by atoms with Gasteiger partial charge in [0.1, 0.15) is 0 Å². The number of anilines is 1. The zero-order chi connectivity index (χ0) is 16.0. The Morgan fingerprint density at radius 1 is 1.13 bits per heavy atom.